The van der Waals surface area contributed by atoms with Crippen LogP contribution in [0.3, 0.4) is 0 Å². The lowest BCUT2D eigenvalue weighted by atomic mass is 10.1. The van der Waals surface area contributed by atoms with Gasteiger partial charge in [-0.1, -0.05) is 23.7 Å². The van der Waals surface area contributed by atoms with E-state index in [4.69, 9.17) is 16.3 Å². The molecule has 1 aromatic heterocycles. The number of likely N-dealkylation sites (tertiary alicyclic amines) is 1. The van der Waals surface area contributed by atoms with Crippen molar-refractivity contribution in [3.8, 4) is 10.6 Å². The number of benzene rings is 1. The third-order valence-electron chi connectivity index (χ3n) is 5.66. The van der Waals surface area contributed by atoms with Gasteiger partial charge in [-0.15, -0.1) is 11.3 Å². The Balaban J connectivity index is 1.50. The Labute approximate surface area is 181 Å². The monoisotopic (exact) mass is 433 g/mol. The average Bonchev–Trinajstić information content (AvgIpc) is 3.27. The lowest BCUT2D eigenvalue weighted by molar-refractivity contribution is -0.0715. The summed E-state index contributed by atoms with van der Waals surface area (Å²) in [6, 6.07) is 7.90. The summed E-state index contributed by atoms with van der Waals surface area (Å²) in [7, 11) is 0. The minimum Gasteiger partial charge on any atom is -0.373 e. The van der Waals surface area contributed by atoms with Gasteiger partial charge in [-0.05, 0) is 45.7 Å². The van der Waals surface area contributed by atoms with Crippen LogP contribution in [0.15, 0.2) is 24.3 Å². The van der Waals surface area contributed by atoms with Crippen LogP contribution in [0.25, 0.3) is 10.6 Å². The maximum atomic E-state index is 13.4. The van der Waals surface area contributed by atoms with E-state index in [0.29, 0.717) is 5.02 Å². The molecule has 0 saturated carbocycles. The first-order valence-electron chi connectivity index (χ1n) is 10.3. The van der Waals surface area contributed by atoms with Gasteiger partial charge < -0.3 is 9.64 Å². The topological polar surface area (TPSA) is 45.7 Å². The number of aryl methyl sites for hydroxylation is 1. The van der Waals surface area contributed by atoms with E-state index < -0.39 is 0 Å². The molecule has 3 atom stereocenters. The molecule has 4 rings (SSSR count). The number of nitrogens with zero attached hydrogens (tertiary/aromatic N) is 3. The quantitative estimate of drug-likeness (QED) is 0.712. The van der Waals surface area contributed by atoms with E-state index in [2.05, 4.69) is 28.6 Å². The highest BCUT2D eigenvalue weighted by Crippen LogP contribution is 2.32. The van der Waals surface area contributed by atoms with Crippen molar-refractivity contribution in [2.45, 2.75) is 51.9 Å². The van der Waals surface area contributed by atoms with Crippen molar-refractivity contribution in [1.29, 1.82) is 0 Å². The Kier molecular flexibility index (Phi) is 6.25. The largest absolute Gasteiger partial charge is 0.373 e. The van der Waals surface area contributed by atoms with Gasteiger partial charge in [0.1, 0.15) is 9.88 Å². The molecule has 0 aliphatic carbocycles. The van der Waals surface area contributed by atoms with Gasteiger partial charge in [-0.2, -0.15) is 0 Å². The molecule has 3 unspecified atom stereocenters. The molecule has 29 heavy (non-hydrogen) atoms. The fraction of sp³-hybridized carbons (Fsp3) is 0.545. The zero-order valence-corrected chi connectivity index (χ0v) is 18.8. The molecule has 0 radical (unpaired) electrons. The van der Waals surface area contributed by atoms with Crippen LogP contribution in [0.5, 0.6) is 0 Å². The van der Waals surface area contributed by atoms with E-state index in [9.17, 15) is 4.79 Å². The zero-order chi connectivity index (χ0) is 20.5. The molecule has 7 heteroatoms. The summed E-state index contributed by atoms with van der Waals surface area (Å²) < 4.78 is 5.86. The molecule has 2 aliphatic rings. The summed E-state index contributed by atoms with van der Waals surface area (Å²) in [5.74, 6) is 0.116. The highest BCUT2D eigenvalue weighted by molar-refractivity contribution is 7.17. The number of hydrogen-bond donors (Lipinski definition) is 0. The first-order valence-corrected chi connectivity index (χ1v) is 11.5. The van der Waals surface area contributed by atoms with Gasteiger partial charge in [-0.25, -0.2) is 4.98 Å². The van der Waals surface area contributed by atoms with Crippen LogP contribution in [0.4, 0.5) is 0 Å². The molecule has 0 N–H and O–H groups in total. The number of thiazole rings is 1. The second-order valence-corrected chi connectivity index (χ2v) is 9.65. The van der Waals surface area contributed by atoms with Crippen molar-refractivity contribution < 1.29 is 9.53 Å². The smallest absolute Gasteiger partial charge is 0.266 e. The van der Waals surface area contributed by atoms with E-state index in [1.165, 1.54) is 11.3 Å². The molecule has 1 amide bonds. The van der Waals surface area contributed by atoms with Gasteiger partial charge in [-0.3, -0.25) is 9.69 Å². The molecule has 5 nitrogen and oxygen atoms in total. The van der Waals surface area contributed by atoms with Crippen LogP contribution in [0, 0.1) is 6.92 Å². The Morgan fingerprint density at radius 2 is 2.07 bits per heavy atom. The summed E-state index contributed by atoms with van der Waals surface area (Å²) in [6.07, 6.45) is 2.61. The lowest BCUT2D eigenvalue weighted by Gasteiger charge is -2.38. The van der Waals surface area contributed by atoms with Crippen molar-refractivity contribution in [3.05, 3.63) is 39.9 Å². The zero-order valence-electron chi connectivity index (χ0n) is 17.2. The molecule has 2 aliphatic heterocycles. The van der Waals surface area contributed by atoms with Crippen LogP contribution < -0.4 is 0 Å². The van der Waals surface area contributed by atoms with E-state index >= 15 is 0 Å². The number of aromatic nitrogens is 1. The van der Waals surface area contributed by atoms with Crippen molar-refractivity contribution in [2.24, 2.45) is 0 Å². The van der Waals surface area contributed by atoms with Crippen LogP contribution in [-0.4, -0.2) is 65.1 Å². The minimum absolute atomic E-state index is 0.116. The van der Waals surface area contributed by atoms with Crippen molar-refractivity contribution in [2.75, 3.05) is 26.2 Å². The van der Waals surface area contributed by atoms with E-state index in [0.717, 1.165) is 60.2 Å². The third kappa shape index (κ3) is 4.66. The molecule has 2 fully saturated rings. The second kappa shape index (κ2) is 8.72. The van der Waals surface area contributed by atoms with Crippen LogP contribution in [-0.2, 0) is 4.74 Å². The maximum absolute atomic E-state index is 13.4. The fourth-order valence-corrected chi connectivity index (χ4v) is 5.70. The average molecular weight is 434 g/mol. The first-order chi connectivity index (χ1) is 13.9. The van der Waals surface area contributed by atoms with Crippen molar-refractivity contribution in [1.82, 2.24) is 14.8 Å². The Bertz CT molecular complexity index is 877. The number of carbonyl (C=O) groups excluding carboxylic acids is 1. The maximum Gasteiger partial charge on any atom is 0.266 e. The summed E-state index contributed by atoms with van der Waals surface area (Å²) in [4.78, 5) is 23.3. The second-order valence-electron chi connectivity index (χ2n) is 8.21. The highest BCUT2D eigenvalue weighted by atomic mass is 35.5. The molecular formula is C22H28ClN3O2S. The SMILES string of the molecule is Cc1nc(-c2cccc(Cl)c2)sc1C(=O)N1CCCC1CN1CC(C)OC(C)C1. The Morgan fingerprint density at radius 3 is 2.79 bits per heavy atom. The molecule has 2 aromatic rings. The number of rotatable bonds is 4. The summed E-state index contributed by atoms with van der Waals surface area (Å²) in [5.41, 5.74) is 1.76. The standard InChI is InChI=1S/C22H28ClN3O2S/c1-14-11-25(12-15(2)28-14)13-19-8-5-9-26(19)22(27)20-16(3)24-21(29-20)17-6-4-7-18(23)10-17/h4,6-7,10,14-15,19H,5,8-9,11-13H2,1-3H3. The van der Waals surface area contributed by atoms with E-state index in [1.54, 1.807) is 0 Å². The summed E-state index contributed by atoms with van der Waals surface area (Å²) in [5, 5.41) is 1.52. The van der Waals surface area contributed by atoms with Crippen molar-refractivity contribution >= 4 is 28.8 Å². The summed E-state index contributed by atoms with van der Waals surface area (Å²) in [6.45, 7) is 9.78. The molecule has 1 aromatic carbocycles. The summed E-state index contributed by atoms with van der Waals surface area (Å²) >= 11 is 7.60. The van der Waals surface area contributed by atoms with Crippen molar-refractivity contribution in [3.63, 3.8) is 0 Å². The van der Waals surface area contributed by atoms with E-state index in [1.807, 2.05) is 31.2 Å². The highest BCUT2D eigenvalue weighted by Gasteiger charge is 2.34. The Hall–Kier alpha value is -1.47. The van der Waals surface area contributed by atoms with Gasteiger partial charge >= 0.3 is 0 Å². The number of morpholine rings is 1. The third-order valence-corrected chi connectivity index (χ3v) is 7.09. The van der Waals surface area contributed by atoms with Gasteiger partial charge in [0.05, 0.1) is 17.9 Å². The number of ether oxygens (including phenoxy) is 1. The van der Waals surface area contributed by atoms with E-state index in [-0.39, 0.29) is 24.2 Å². The minimum atomic E-state index is 0.116. The number of hydrogen-bond acceptors (Lipinski definition) is 5. The van der Waals surface area contributed by atoms with Crippen LogP contribution >= 0.6 is 22.9 Å². The Morgan fingerprint density at radius 1 is 1.31 bits per heavy atom. The normalized spacial score (nSPS) is 25.5. The van der Waals surface area contributed by atoms with Gasteiger partial charge in [0, 0.05) is 42.8 Å². The molecule has 0 bridgehead atoms. The predicted octanol–water partition coefficient (Wildman–Crippen LogP) is 4.49. The van der Waals surface area contributed by atoms with Gasteiger partial charge in [0.15, 0.2) is 0 Å². The predicted molar refractivity (Wildman–Crippen MR) is 118 cm³/mol. The number of amides is 1. The molecule has 3 heterocycles. The van der Waals surface area contributed by atoms with Crippen LogP contribution in [0.1, 0.15) is 42.1 Å². The number of halogens is 1. The van der Waals surface area contributed by atoms with Gasteiger partial charge in [0.25, 0.3) is 5.91 Å². The van der Waals surface area contributed by atoms with Gasteiger partial charge in [0.2, 0.25) is 0 Å². The first kappa shape index (κ1) is 20.8. The molecule has 156 valence electrons. The van der Waals surface area contributed by atoms with Crippen LogP contribution in [0.2, 0.25) is 5.02 Å². The molecule has 2 saturated heterocycles. The number of carbonyl (C=O) groups is 1. The lowest BCUT2D eigenvalue weighted by Crippen LogP contribution is -2.50. The molecule has 0 spiro atoms. The fourth-order valence-electron chi connectivity index (χ4n) is 4.49. The molecular weight excluding hydrogens is 406 g/mol.